The van der Waals surface area contributed by atoms with Crippen molar-refractivity contribution in [3.8, 4) is 0 Å². The molecule has 1 nitrogen and oxygen atoms in total. The molecule has 0 aliphatic heterocycles. The first-order valence-corrected chi connectivity index (χ1v) is 6.58. The van der Waals surface area contributed by atoms with Gasteiger partial charge in [-0.2, -0.15) is 13.2 Å². The van der Waals surface area contributed by atoms with Gasteiger partial charge in [-0.05, 0) is 18.9 Å². The van der Waals surface area contributed by atoms with Crippen molar-refractivity contribution in [1.82, 2.24) is 0 Å². The largest absolute Gasteiger partial charge is 0.417 e. The highest BCUT2D eigenvalue weighted by atomic mass is 79.9. The monoisotopic (exact) mass is 319 g/mol. The van der Waals surface area contributed by atoms with Crippen molar-refractivity contribution in [2.45, 2.75) is 36.2 Å². The molecule has 18 heavy (non-hydrogen) atoms. The van der Waals surface area contributed by atoms with Gasteiger partial charge in [0, 0.05) is 5.56 Å². The lowest BCUT2D eigenvalue weighted by Gasteiger charge is -2.24. The molecule has 1 aromatic carbocycles. The number of hydrogen-bond donors (Lipinski definition) is 1. The van der Waals surface area contributed by atoms with E-state index in [0.29, 0.717) is 0 Å². The van der Waals surface area contributed by atoms with Gasteiger partial charge < -0.3 is 5.41 Å². The van der Waals surface area contributed by atoms with Gasteiger partial charge in [0.25, 0.3) is 0 Å². The van der Waals surface area contributed by atoms with Crippen LogP contribution in [0.15, 0.2) is 24.3 Å². The van der Waals surface area contributed by atoms with E-state index in [4.69, 9.17) is 5.41 Å². The van der Waals surface area contributed by atoms with Crippen molar-refractivity contribution in [2.24, 2.45) is 0 Å². The average Bonchev–Trinajstić information content (AvgIpc) is 2.75. The summed E-state index contributed by atoms with van der Waals surface area (Å²) in [6.45, 7) is 0. The van der Waals surface area contributed by atoms with E-state index >= 15 is 0 Å². The Hall–Kier alpha value is -0.840. The zero-order chi connectivity index (χ0) is 13.4. The molecular formula is C13H13BrF3N. The minimum atomic E-state index is -4.41. The summed E-state index contributed by atoms with van der Waals surface area (Å²) in [6, 6.07) is 5.32. The minimum Gasteiger partial charge on any atom is -0.303 e. The van der Waals surface area contributed by atoms with Crippen molar-refractivity contribution < 1.29 is 13.2 Å². The zero-order valence-electron chi connectivity index (χ0n) is 9.65. The second-order valence-corrected chi connectivity index (χ2v) is 6.11. The van der Waals surface area contributed by atoms with Crippen molar-refractivity contribution in [3.05, 3.63) is 35.4 Å². The maximum atomic E-state index is 12.9. The van der Waals surface area contributed by atoms with Crippen LogP contribution in [0.25, 0.3) is 0 Å². The normalized spacial score (nSPS) is 18.9. The van der Waals surface area contributed by atoms with Crippen molar-refractivity contribution in [3.63, 3.8) is 0 Å². The predicted molar refractivity (Wildman–Crippen MR) is 68.4 cm³/mol. The van der Waals surface area contributed by atoms with Crippen molar-refractivity contribution >= 4 is 21.6 Å². The van der Waals surface area contributed by atoms with E-state index in [0.717, 1.165) is 31.7 Å². The highest BCUT2D eigenvalue weighted by Crippen LogP contribution is 2.42. The molecule has 98 valence electrons. The lowest BCUT2D eigenvalue weighted by Crippen LogP contribution is -2.30. The summed E-state index contributed by atoms with van der Waals surface area (Å²) >= 11 is 3.46. The van der Waals surface area contributed by atoms with Crippen LogP contribution in [0.5, 0.6) is 0 Å². The molecule has 1 N–H and O–H groups in total. The Morgan fingerprint density at radius 1 is 1.17 bits per heavy atom. The third-order valence-electron chi connectivity index (χ3n) is 3.35. The van der Waals surface area contributed by atoms with Crippen LogP contribution in [0.2, 0.25) is 0 Å². The Morgan fingerprint density at radius 2 is 1.72 bits per heavy atom. The highest BCUT2D eigenvalue weighted by molar-refractivity contribution is 9.10. The van der Waals surface area contributed by atoms with E-state index in [1.807, 2.05) is 0 Å². The van der Waals surface area contributed by atoms with Gasteiger partial charge >= 0.3 is 6.18 Å². The molecule has 0 saturated heterocycles. The summed E-state index contributed by atoms with van der Waals surface area (Å²) in [7, 11) is 0. The molecule has 0 heterocycles. The number of rotatable bonds is 2. The number of benzene rings is 1. The average molecular weight is 320 g/mol. The topological polar surface area (TPSA) is 23.9 Å². The van der Waals surface area contributed by atoms with E-state index in [1.165, 1.54) is 12.1 Å². The molecule has 1 aliphatic rings. The maximum Gasteiger partial charge on any atom is 0.417 e. The van der Waals surface area contributed by atoms with Crippen LogP contribution in [-0.2, 0) is 6.18 Å². The molecular weight excluding hydrogens is 307 g/mol. The van der Waals surface area contributed by atoms with Crippen LogP contribution >= 0.6 is 15.9 Å². The maximum absolute atomic E-state index is 12.9. The second kappa shape index (κ2) is 4.68. The Balaban J connectivity index is 2.42. The standard InChI is InChI=1S/C13H13BrF3N/c14-12(7-3-4-8-12)11(18)9-5-1-2-6-10(9)13(15,16)17/h1-2,5-6,18H,3-4,7-8H2. The molecule has 1 aromatic rings. The molecule has 2 rings (SSSR count). The molecule has 0 aromatic heterocycles. The summed E-state index contributed by atoms with van der Waals surface area (Å²) in [6.07, 6.45) is -1.08. The molecule has 0 unspecified atom stereocenters. The number of hydrogen-bond acceptors (Lipinski definition) is 1. The fourth-order valence-corrected chi connectivity index (χ4v) is 3.15. The summed E-state index contributed by atoms with van der Waals surface area (Å²) < 4.78 is 38.1. The van der Waals surface area contributed by atoms with Crippen LogP contribution < -0.4 is 0 Å². The Morgan fingerprint density at radius 3 is 2.28 bits per heavy atom. The van der Waals surface area contributed by atoms with Gasteiger partial charge in [0.05, 0.1) is 15.6 Å². The Labute approximate surface area is 112 Å². The van der Waals surface area contributed by atoms with Crippen LogP contribution in [0.1, 0.15) is 36.8 Å². The summed E-state index contributed by atoms with van der Waals surface area (Å²) in [5.74, 6) is 0. The third-order valence-corrected chi connectivity index (χ3v) is 4.54. The molecule has 0 bridgehead atoms. The third kappa shape index (κ3) is 2.46. The van der Waals surface area contributed by atoms with Crippen LogP contribution in [0.4, 0.5) is 13.2 Å². The van der Waals surface area contributed by atoms with E-state index in [2.05, 4.69) is 15.9 Å². The molecule has 5 heteroatoms. The molecule has 1 aliphatic carbocycles. The molecule has 0 spiro atoms. The fourth-order valence-electron chi connectivity index (χ4n) is 2.38. The fraction of sp³-hybridized carbons (Fsp3) is 0.462. The predicted octanol–water partition coefficient (Wildman–Crippen LogP) is 4.78. The van der Waals surface area contributed by atoms with Gasteiger partial charge in [-0.3, -0.25) is 0 Å². The smallest absolute Gasteiger partial charge is 0.303 e. The van der Waals surface area contributed by atoms with Crippen molar-refractivity contribution in [1.29, 1.82) is 5.41 Å². The van der Waals surface area contributed by atoms with E-state index in [-0.39, 0.29) is 11.3 Å². The van der Waals surface area contributed by atoms with Gasteiger partial charge in [0.1, 0.15) is 0 Å². The molecule has 1 saturated carbocycles. The first-order valence-electron chi connectivity index (χ1n) is 5.79. The first-order chi connectivity index (χ1) is 8.34. The first kappa shape index (κ1) is 13.6. The second-order valence-electron chi connectivity index (χ2n) is 4.59. The number of halogens is 4. The van der Waals surface area contributed by atoms with E-state index in [9.17, 15) is 13.2 Å². The lowest BCUT2D eigenvalue weighted by molar-refractivity contribution is -0.137. The zero-order valence-corrected chi connectivity index (χ0v) is 11.2. The Bertz CT molecular complexity index is 462. The molecule has 0 amide bonds. The highest BCUT2D eigenvalue weighted by Gasteiger charge is 2.40. The summed E-state index contributed by atoms with van der Waals surface area (Å²) in [5.41, 5.74) is -0.683. The summed E-state index contributed by atoms with van der Waals surface area (Å²) in [5, 5.41) is 8.10. The molecule has 0 atom stereocenters. The molecule has 1 fully saturated rings. The van der Waals surface area contributed by atoms with Gasteiger partial charge in [0.2, 0.25) is 0 Å². The van der Waals surface area contributed by atoms with Crippen LogP contribution in [-0.4, -0.2) is 10.0 Å². The Kier molecular flexibility index (Phi) is 3.54. The van der Waals surface area contributed by atoms with E-state index < -0.39 is 16.1 Å². The van der Waals surface area contributed by atoms with Crippen molar-refractivity contribution in [2.75, 3.05) is 0 Å². The minimum absolute atomic E-state index is 0.0104. The lowest BCUT2D eigenvalue weighted by atomic mass is 9.91. The number of alkyl halides is 4. The SMILES string of the molecule is N=C(c1ccccc1C(F)(F)F)C1(Br)CCCC1. The van der Waals surface area contributed by atoms with Crippen LogP contribution in [0, 0.1) is 5.41 Å². The number of nitrogens with one attached hydrogen (secondary N) is 1. The quantitative estimate of drug-likeness (QED) is 0.599. The van der Waals surface area contributed by atoms with Gasteiger partial charge in [-0.15, -0.1) is 0 Å². The summed E-state index contributed by atoms with van der Waals surface area (Å²) in [4.78, 5) is 0. The van der Waals surface area contributed by atoms with Gasteiger partial charge in [-0.1, -0.05) is 47.0 Å². The van der Waals surface area contributed by atoms with Gasteiger partial charge in [0.15, 0.2) is 0 Å². The molecule has 0 radical (unpaired) electrons. The van der Waals surface area contributed by atoms with Gasteiger partial charge in [-0.25, -0.2) is 0 Å². The van der Waals surface area contributed by atoms with Crippen LogP contribution in [0.3, 0.4) is 0 Å². The van der Waals surface area contributed by atoms with E-state index in [1.54, 1.807) is 6.07 Å².